The molecule has 0 aromatic heterocycles. The number of benzene rings is 2. The Morgan fingerprint density at radius 2 is 1.81 bits per heavy atom. The maximum Gasteiger partial charge on any atom is 0.341 e. The lowest BCUT2D eigenvalue weighted by atomic mass is 10.1. The van der Waals surface area contributed by atoms with Crippen molar-refractivity contribution in [3.63, 3.8) is 0 Å². The van der Waals surface area contributed by atoms with Gasteiger partial charge in [-0.25, -0.2) is 4.79 Å². The average molecular weight is 371 g/mol. The number of ether oxygens (including phenoxy) is 2. The van der Waals surface area contributed by atoms with Crippen LogP contribution in [0.25, 0.3) is 0 Å². The fourth-order valence-electron chi connectivity index (χ4n) is 2.58. The average Bonchev–Trinajstić information content (AvgIpc) is 2.66. The molecular weight excluding hydrogens is 346 g/mol. The number of carboxylic acids is 1. The van der Waals surface area contributed by atoms with E-state index in [1.165, 1.54) is 5.56 Å². The third-order valence-electron chi connectivity index (χ3n) is 3.94. The van der Waals surface area contributed by atoms with E-state index in [4.69, 9.17) is 14.6 Å². The van der Waals surface area contributed by atoms with Crippen LogP contribution < -0.4 is 14.8 Å². The Hall–Kier alpha value is -3.02. The molecule has 0 spiro atoms. The van der Waals surface area contributed by atoms with E-state index in [-0.39, 0.29) is 11.9 Å². The topological polar surface area (TPSA) is 84.9 Å². The Balaban J connectivity index is 1.97. The van der Waals surface area contributed by atoms with E-state index in [2.05, 4.69) is 17.4 Å². The molecule has 6 heteroatoms. The predicted octanol–water partition coefficient (Wildman–Crippen LogP) is 3.30. The minimum absolute atomic E-state index is 0.0104. The summed E-state index contributed by atoms with van der Waals surface area (Å²) in [5.74, 6) is -0.635. The first-order chi connectivity index (χ1) is 13.0. The number of amides is 1. The van der Waals surface area contributed by atoms with Gasteiger partial charge in [0.05, 0.1) is 6.61 Å². The van der Waals surface area contributed by atoms with Crippen molar-refractivity contribution in [2.45, 2.75) is 32.7 Å². The molecule has 0 fully saturated rings. The number of carboxylic acid groups (broad SMARTS) is 1. The molecule has 1 unspecified atom stereocenters. The van der Waals surface area contributed by atoms with Gasteiger partial charge in [-0.05, 0) is 50.5 Å². The Labute approximate surface area is 159 Å². The van der Waals surface area contributed by atoms with Crippen LogP contribution in [0.15, 0.2) is 48.5 Å². The zero-order valence-electron chi connectivity index (χ0n) is 15.6. The summed E-state index contributed by atoms with van der Waals surface area (Å²) in [5, 5.41) is 11.7. The zero-order chi connectivity index (χ0) is 19.6. The molecule has 0 radical (unpaired) electrons. The number of rotatable bonds is 10. The van der Waals surface area contributed by atoms with Crippen molar-refractivity contribution >= 4 is 11.9 Å². The molecule has 2 aromatic carbocycles. The molecule has 0 heterocycles. The first kappa shape index (κ1) is 20.3. The first-order valence-electron chi connectivity index (χ1n) is 8.95. The number of nitrogens with one attached hydrogen (secondary N) is 1. The van der Waals surface area contributed by atoms with Crippen molar-refractivity contribution in [3.8, 4) is 11.5 Å². The van der Waals surface area contributed by atoms with Gasteiger partial charge < -0.3 is 19.9 Å². The second-order valence-corrected chi connectivity index (χ2v) is 6.18. The smallest absolute Gasteiger partial charge is 0.341 e. The number of aliphatic carboxylic acids is 1. The molecule has 0 bridgehead atoms. The molecule has 2 N–H and O–H groups in total. The van der Waals surface area contributed by atoms with Crippen molar-refractivity contribution < 1.29 is 24.2 Å². The Morgan fingerprint density at radius 1 is 1.07 bits per heavy atom. The normalized spacial score (nSPS) is 11.5. The minimum atomic E-state index is -1.08. The summed E-state index contributed by atoms with van der Waals surface area (Å²) in [6.07, 6.45) is 1.71. The predicted molar refractivity (Wildman–Crippen MR) is 102 cm³/mol. The molecule has 0 aliphatic heterocycles. The maximum atomic E-state index is 12.5. The fourth-order valence-corrected chi connectivity index (χ4v) is 2.58. The van der Waals surface area contributed by atoms with Gasteiger partial charge in [-0.2, -0.15) is 0 Å². The minimum Gasteiger partial charge on any atom is -0.490 e. The van der Waals surface area contributed by atoms with E-state index >= 15 is 0 Å². The molecule has 6 nitrogen and oxygen atoms in total. The van der Waals surface area contributed by atoms with Crippen LogP contribution in [0, 0.1) is 0 Å². The number of hydrogen-bond donors (Lipinski definition) is 2. The Bertz CT molecular complexity index is 760. The van der Waals surface area contributed by atoms with Crippen molar-refractivity contribution in [1.29, 1.82) is 0 Å². The molecule has 2 rings (SSSR count). The van der Waals surface area contributed by atoms with Gasteiger partial charge in [0.2, 0.25) is 0 Å². The Kier molecular flexibility index (Phi) is 7.67. The molecule has 1 atom stereocenters. The van der Waals surface area contributed by atoms with Crippen molar-refractivity contribution in [1.82, 2.24) is 5.32 Å². The molecule has 0 saturated heterocycles. The molecule has 144 valence electrons. The zero-order valence-corrected chi connectivity index (χ0v) is 15.6. The summed E-state index contributed by atoms with van der Waals surface area (Å²) < 4.78 is 10.7. The lowest BCUT2D eigenvalue weighted by molar-refractivity contribution is -0.139. The number of carbonyl (C=O) groups excluding carboxylic acids is 1. The standard InChI is InChI=1S/C21H25NO5/c1-3-26-19-13-17(11-12-18(19)27-14-20(23)24)21(25)22-15(2)9-10-16-7-5-4-6-8-16/h4-8,11-13,15H,3,9-10,14H2,1-2H3,(H,22,25)(H,23,24). The van der Waals surface area contributed by atoms with E-state index < -0.39 is 12.6 Å². The third-order valence-corrected chi connectivity index (χ3v) is 3.94. The van der Waals surface area contributed by atoms with Crippen LogP contribution in [-0.2, 0) is 11.2 Å². The molecule has 0 aliphatic carbocycles. The number of hydrogen-bond acceptors (Lipinski definition) is 4. The molecular formula is C21H25NO5. The van der Waals surface area contributed by atoms with Gasteiger partial charge in [0, 0.05) is 11.6 Å². The van der Waals surface area contributed by atoms with Crippen LogP contribution in [0.4, 0.5) is 0 Å². The van der Waals surface area contributed by atoms with Gasteiger partial charge in [-0.1, -0.05) is 30.3 Å². The summed E-state index contributed by atoms with van der Waals surface area (Å²) in [5.41, 5.74) is 1.67. The van der Waals surface area contributed by atoms with E-state index in [1.807, 2.05) is 25.1 Å². The fraction of sp³-hybridized carbons (Fsp3) is 0.333. The van der Waals surface area contributed by atoms with Crippen LogP contribution in [-0.4, -0.2) is 36.2 Å². The SMILES string of the molecule is CCOc1cc(C(=O)NC(C)CCc2ccccc2)ccc1OCC(=O)O. The molecule has 2 aromatic rings. The highest BCUT2D eigenvalue weighted by molar-refractivity contribution is 5.95. The lowest BCUT2D eigenvalue weighted by Gasteiger charge is -2.16. The van der Waals surface area contributed by atoms with Gasteiger partial charge in [-0.15, -0.1) is 0 Å². The largest absolute Gasteiger partial charge is 0.490 e. The van der Waals surface area contributed by atoms with Crippen LogP contribution >= 0.6 is 0 Å². The quantitative estimate of drug-likeness (QED) is 0.669. The van der Waals surface area contributed by atoms with Gasteiger partial charge >= 0.3 is 5.97 Å². The highest BCUT2D eigenvalue weighted by Crippen LogP contribution is 2.28. The van der Waals surface area contributed by atoms with Crippen molar-refractivity contribution in [3.05, 3.63) is 59.7 Å². The summed E-state index contributed by atoms with van der Waals surface area (Å²) in [6, 6.07) is 14.8. The molecule has 0 aliphatic rings. The van der Waals surface area contributed by atoms with Crippen molar-refractivity contribution in [2.75, 3.05) is 13.2 Å². The van der Waals surface area contributed by atoms with Crippen molar-refractivity contribution in [2.24, 2.45) is 0 Å². The summed E-state index contributed by atoms with van der Waals surface area (Å²) in [4.78, 5) is 23.2. The second-order valence-electron chi connectivity index (χ2n) is 6.18. The lowest BCUT2D eigenvalue weighted by Crippen LogP contribution is -2.32. The number of carbonyl (C=O) groups is 2. The van der Waals surface area contributed by atoms with E-state index in [9.17, 15) is 9.59 Å². The van der Waals surface area contributed by atoms with Gasteiger partial charge in [0.1, 0.15) is 0 Å². The highest BCUT2D eigenvalue weighted by Gasteiger charge is 2.14. The van der Waals surface area contributed by atoms with Crippen LogP contribution in [0.2, 0.25) is 0 Å². The summed E-state index contributed by atoms with van der Waals surface area (Å²) >= 11 is 0. The van der Waals surface area contributed by atoms with Gasteiger partial charge in [0.25, 0.3) is 5.91 Å². The van der Waals surface area contributed by atoms with Crippen LogP contribution in [0.5, 0.6) is 11.5 Å². The monoisotopic (exact) mass is 371 g/mol. The highest BCUT2D eigenvalue weighted by atomic mass is 16.5. The summed E-state index contributed by atoms with van der Waals surface area (Å²) in [6.45, 7) is 3.68. The second kappa shape index (κ2) is 10.2. The molecule has 27 heavy (non-hydrogen) atoms. The van der Waals surface area contributed by atoms with E-state index in [0.29, 0.717) is 23.7 Å². The van der Waals surface area contributed by atoms with E-state index in [0.717, 1.165) is 12.8 Å². The van der Waals surface area contributed by atoms with E-state index in [1.54, 1.807) is 25.1 Å². The maximum absolute atomic E-state index is 12.5. The van der Waals surface area contributed by atoms with Crippen LogP contribution in [0.1, 0.15) is 36.2 Å². The van der Waals surface area contributed by atoms with Gasteiger partial charge in [0.15, 0.2) is 18.1 Å². The summed E-state index contributed by atoms with van der Waals surface area (Å²) in [7, 11) is 0. The molecule has 0 saturated carbocycles. The Morgan fingerprint density at radius 3 is 2.48 bits per heavy atom. The first-order valence-corrected chi connectivity index (χ1v) is 8.95. The third kappa shape index (κ3) is 6.66. The number of aryl methyl sites for hydroxylation is 1. The van der Waals surface area contributed by atoms with Gasteiger partial charge in [-0.3, -0.25) is 4.79 Å². The van der Waals surface area contributed by atoms with Crippen LogP contribution in [0.3, 0.4) is 0 Å². The molecule has 1 amide bonds.